The van der Waals surface area contributed by atoms with E-state index in [-0.39, 0.29) is 24.2 Å². The molecule has 1 aromatic carbocycles. The van der Waals surface area contributed by atoms with E-state index in [1.54, 1.807) is 30.6 Å². The normalized spacial score (nSPS) is 10.6. The smallest absolute Gasteiger partial charge is 0.249 e. The summed E-state index contributed by atoms with van der Waals surface area (Å²) in [6.45, 7) is 1.94. The molecule has 7 nitrogen and oxygen atoms in total. The molecule has 0 aliphatic rings. The molecule has 2 aromatic heterocycles. The van der Waals surface area contributed by atoms with Crippen LogP contribution in [0.25, 0.3) is 11.4 Å². The molecule has 0 spiro atoms. The number of carbonyl (C=O) groups is 1. The van der Waals surface area contributed by atoms with Crippen LogP contribution in [0.4, 0.5) is 10.3 Å². The summed E-state index contributed by atoms with van der Waals surface area (Å²) >= 11 is 0. The van der Waals surface area contributed by atoms with Crippen LogP contribution in [-0.2, 0) is 11.3 Å². The molecule has 3 aromatic rings. The molecule has 0 radical (unpaired) electrons. The Morgan fingerprint density at radius 1 is 1.41 bits per heavy atom. The molecule has 112 valence electrons. The van der Waals surface area contributed by atoms with E-state index in [9.17, 15) is 9.18 Å². The van der Waals surface area contributed by atoms with E-state index in [1.807, 2.05) is 6.92 Å². The first kappa shape index (κ1) is 13.9. The van der Waals surface area contributed by atoms with Gasteiger partial charge in [-0.3, -0.25) is 19.9 Å². The lowest BCUT2D eigenvalue weighted by Crippen LogP contribution is -2.19. The van der Waals surface area contributed by atoms with Crippen molar-refractivity contribution in [2.24, 2.45) is 0 Å². The second kappa shape index (κ2) is 5.76. The maximum atomic E-state index is 13.7. The Kier molecular flexibility index (Phi) is 3.65. The average Bonchev–Trinajstić information content (AvgIpc) is 3.09. The molecule has 0 bridgehead atoms. The molecule has 0 aliphatic carbocycles. The monoisotopic (exact) mass is 300 g/mol. The number of benzene rings is 1. The van der Waals surface area contributed by atoms with Crippen molar-refractivity contribution >= 4 is 11.9 Å². The summed E-state index contributed by atoms with van der Waals surface area (Å²) in [7, 11) is 0. The molecule has 2 N–H and O–H groups in total. The molecule has 22 heavy (non-hydrogen) atoms. The van der Waals surface area contributed by atoms with Crippen molar-refractivity contribution in [3.8, 4) is 11.4 Å². The van der Waals surface area contributed by atoms with Crippen LogP contribution in [0, 0.1) is 12.7 Å². The van der Waals surface area contributed by atoms with Gasteiger partial charge in [0, 0.05) is 6.20 Å². The van der Waals surface area contributed by atoms with Gasteiger partial charge in [-0.2, -0.15) is 10.1 Å². The van der Waals surface area contributed by atoms with E-state index in [0.29, 0.717) is 5.56 Å². The summed E-state index contributed by atoms with van der Waals surface area (Å²) < 4.78 is 15.2. The predicted molar refractivity (Wildman–Crippen MR) is 77.4 cm³/mol. The van der Waals surface area contributed by atoms with Crippen LogP contribution in [0.5, 0.6) is 0 Å². The number of nitrogens with one attached hydrogen (secondary N) is 2. The van der Waals surface area contributed by atoms with Crippen molar-refractivity contribution in [3.05, 3.63) is 48.0 Å². The van der Waals surface area contributed by atoms with Gasteiger partial charge in [0.1, 0.15) is 12.4 Å². The van der Waals surface area contributed by atoms with E-state index >= 15 is 0 Å². The van der Waals surface area contributed by atoms with Crippen molar-refractivity contribution in [2.75, 3.05) is 5.32 Å². The Balaban J connectivity index is 1.69. The van der Waals surface area contributed by atoms with E-state index in [0.717, 1.165) is 5.56 Å². The third-order valence-corrected chi connectivity index (χ3v) is 2.93. The molecule has 0 saturated heterocycles. The fourth-order valence-corrected chi connectivity index (χ4v) is 1.96. The standard InChI is InChI=1S/C14H13FN6O/c1-9-6-16-21(7-9)8-12(22)17-14-18-13(19-20-14)10-4-2-3-5-11(10)15/h2-7H,8H2,1H3,(H2,17,18,19,20,22). The number of hydrogen-bond donors (Lipinski definition) is 2. The molecule has 3 rings (SSSR count). The number of anilines is 1. The Hall–Kier alpha value is -3.03. The van der Waals surface area contributed by atoms with Gasteiger partial charge in [-0.25, -0.2) is 4.39 Å². The minimum Gasteiger partial charge on any atom is -0.292 e. The van der Waals surface area contributed by atoms with Gasteiger partial charge in [0.25, 0.3) is 0 Å². The number of carbonyl (C=O) groups excluding carboxylic acids is 1. The SMILES string of the molecule is Cc1cnn(CC(=O)Nc2n[nH]c(-c3ccccc3F)n2)c1. The summed E-state index contributed by atoms with van der Waals surface area (Å²) in [4.78, 5) is 15.9. The lowest BCUT2D eigenvalue weighted by molar-refractivity contribution is -0.116. The lowest BCUT2D eigenvalue weighted by Gasteiger charge is -2.00. The number of aromatic amines is 1. The van der Waals surface area contributed by atoms with E-state index in [1.165, 1.54) is 10.7 Å². The summed E-state index contributed by atoms with van der Waals surface area (Å²) in [6.07, 6.45) is 3.42. The van der Waals surface area contributed by atoms with Crippen LogP contribution in [0.1, 0.15) is 5.56 Å². The second-order valence-electron chi connectivity index (χ2n) is 4.75. The zero-order valence-electron chi connectivity index (χ0n) is 11.7. The largest absolute Gasteiger partial charge is 0.292 e. The number of rotatable bonds is 4. The van der Waals surface area contributed by atoms with Gasteiger partial charge in [0.15, 0.2) is 5.82 Å². The van der Waals surface area contributed by atoms with Gasteiger partial charge in [0.2, 0.25) is 11.9 Å². The van der Waals surface area contributed by atoms with Gasteiger partial charge >= 0.3 is 0 Å². The van der Waals surface area contributed by atoms with Crippen LogP contribution in [0.15, 0.2) is 36.7 Å². The maximum Gasteiger partial charge on any atom is 0.249 e. The minimum atomic E-state index is -0.413. The number of amides is 1. The van der Waals surface area contributed by atoms with Crippen molar-refractivity contribution in [2.45, 2.75) is 13.5 Å². The van der Waals surface area contributed by atoms with Crippen LogP contribution < -0.4 is 5.32 Å². The Morgan fingerprint density at radius 2 is 2.23 bits per heavy atom. The van der Waals surface area contributed by atoms with Crippen LogP contribution in [-0.4, -0.2) is 30.9 Å². The molecule has 0 saturated carbocycles. The quantitative estimate of drug-likeness (QED) is 0.768. The highest BCUT2D eigenvalue weighted by Gasteiger charge is 2.12. The molecular formula is C14H13FN6O. The maximum absolute atomic E-state index is 13.7. The Morgan fingerprint density at radius 3 is 2.95 bits per heavy atom. The predicted octanol–water partition coefficient (Wildman–Crippen LogP) is 1.75. The van der Waals surface area contributed by atoms with Crippen molar-refractivity contribution < 1.29 is 9.18 Å². The summed E-state index contributed by atoms with van der Waals surface area (Å²) in [5.74, 6) is -0.388. The van der Waals surface area contributed by atoms with E-state index < -0.39 is 5.82 Å². The first-order chi connectivity index (χ1) is 10.6. The molecule has 1 amide bonds. The Labute approximate surface area is 125 Å². The zero-order valence-corrected chi connectivity index (χ0v) is 11.7. The average molecular weight is 300 g/mol. The number of nitrogens with zero attached hydrogens (tertiary/aromatic N) is 4. The molecular weight excluding hydrogens is 287 g/mol. The first-order valence-electron chi connectivity index (χ1n) is 6.58. The molecule has 0 unspecified atom stereocenters. The van der Waals surface area contributed by atoms with Crippen LogP contribution in [0.3, 0.4) is 0 Å². The highest BCUT2D eigenvalue weighted by Crippen LogP contribution is 2.19. The highest BCUT2D eigenvalue weighted by molar-refractivity contribution is 5.88. The molecule has 8 heteroatoms. The van der Waals surface area contributed by atoms with Gasteiger partial charge in [-0.05, 0) is 24.6 Å². The summed E-state index contributed by atoms with van der Waals surface area (Å²) in [5, 5.41) is 13.0. The summed E-state index contributed by atoms with van der Waals surface area (Å²) in [5.41, 5.74) is 1.26. The third kappa shape index (κ3) is 3.00. The van der Waals surface area contributed by atoms with Gasteiger partial charge < -0.3 is 0 Å². The van der Waals surface area contributed by atoms with Crippen molar-refractivity contribution in [1.82, 2.24) is 25.0 Å². The van der Waals surface area contributed by atoms with Crippen molar-refractivity contribution in [3.63, 3.8) is 0 Å². The summed E-state index contributed by atoms with van der Waals surface area (Å²) in [6, 6.07) is 6.19. The first-order valence-corrected chi connectivity index (χ1v) is 6.58. The number of H-pyrrole nitrogens is 1. The van der Waals surface area contributed by atoms with E-state index in [4.69, 9.17) is 0 Å². The number of aromatic nitrogens is 5. The molecule has 0 atom stereocenters. The van der Waals surface area contributed by atoms with Gasteiger partial charge in [-0.15, -0.1) is 5.10 Å². The van der Waals surface area contributed by atoms with Crippen LogP contribution >= 0.6 is 0 Å². The minimum absolute atomic E-state index is 0.0530. The van der Waals surface area contributed by atoms with Gasteiger partial charge in [-0.1, -0.05) is 12.1 Å². The van der Waals surface area contributed by atoms with Crippen LogP contribution in [0.2, 0.25) is 0 Å². The fraction of sp³-hybridized carbons (Fsp3) is 0.143. The third-order valence-electron chi connectivity index (χ3n) is 2.93. The zero-order chi connectivity index (χ0) is 15.5. The fourth-order valence-electron chi connectivity index (χ4n) is 1.96. The van der Waals surface area contributed by atoms with E-state index in [2.05, 4.69) is 25.6 Å². The molecule has 0 fully saturated rings. The lowest BCUT2D eigenvalue weighted by atomic mass is 10.2. The second-order valence-corrected chi connectivity index (χ2v) is 4.75. The molecule has 0 aliphatic heterocycles. The van der Waals surface area contributed by atoms with Crippen molar-refractivity contribution in [1.29, 1.82) is 0 Å². The number of hydrogen-bond acceptors (Lipinski definition) is 4. The number of aryl methyl sites for hydroxylation is 1. The molecule has 2 heterocycles. The Bertz CT molecular complexity index is 809. The number of halogens is 1. The topological polar surface area (TPSA) is 88.5 Å². The highest BCUT2D eigenvalue weighted by atomic mass is 19.1. The van der Waals surface area contributed by atoms with Gasteiger partial charge in [0.05, 0.1) is 11.8 Å².